The van der Waals surface area contributed by atoms with Gasteiger partial charge in [-0.2, -0.15) is 0 Å². The Morgan fingerprint density at radius 1 is 1.27 bits per heavy atom. The van der Waals surface area contributed by atoms with E-state index in [0.29, 0.717) is 17.4 Å². The zero-order chi connectivity index (χ0) is 17.7. The normalized spacial score (nSPS) is 15.0. The fourth-order valence-electron chi connectivity index (χ4n) is 2.38. The van der Waals surface area contributed by atoms with E-state index in [1.54, 1.807) is 6.92 Å². The number of amides is 1. The van der Waals surface area contributed by atoms with Crippen molar-refractivity contribution in [3.63, 3.8) is 0 Å². The van der Waals surface area contributed by atoms with Gasteiger partial charge in [-0.3, -0.25) is 9.59 Å². The van der Waals surface area contributed by atoms with Gasteiger partial charge in [0.1, 0.15) is 5.78 Å². The Hall–Kier alpha value is -0.620. The lowest BCUT2D eigenvalue weighted by Gasteiger charge is -2.39. The monoisotopic (exact) mass is 347 g/mol. The van der Waals surface area contributed by atoms with Gasteiger partial charge in [0.15, 0.2) is 0 Å². The van der Waals surface area contributed by atoms with Crippen molar-refractivity contribution in [2.75, 3.05) is 6.61 Å². The average Bonchev–Trinajstić information content (AvgIpc) is 2.33. The summed E-state index contributed by atoms with van der Waals surface area (Å²) < 4.78 is 5.23. The van der Waals surface area contributed by atoms with E-state index >= 15 is 0 Å². The number of hydrogen-bond acceptors (Lipinski definition) is 5. The molecule has 2 atom stereocenters. The molecule has 0 aliphatic heterocycles. The minimum atomic E-state index is -0.494. The summed E-state index contributed by atoms with van der Waals surface area (Å²) in [5.41, 5.74) is 5.31. The smallest absolute Gasteiger partial charge is 0.221 e. The first kappa shape index (κ1) is 21.4. The first-order chi connectivity index (χ1) is 9.85. The van der Waals surface area contributed by atoms with Gasteiger partial charge in [0.05, 0.1) is 12.5 Å². The second kappa shape index (κ2) is 8.29. The number of carbonyl (C=O) groups excluding carboxylic acids is 2. The number of rotatable bonds is 8. The number of hydrogen-bond donors (Lipinski definition) is 1. The highest BCUT2D eigenvalue weighted by Gasteiger charge is 2.42. The Bertz CT molecular complexity index is 433. The van der Waals surface area contributed by atoms with Crippen molar-refractivity contribution in [3.05, 3.63) is 0 Å². The number of ether oxygens (including phenoxy) is 1. The SMILES string of the molecule is CCOC(=S)SC(C)(C)[C@H](CC(C)(C)[C@@H](C)C(C)=O)C(N)=O. The quantitative estimate of drug-likeness (QED) is 0.680. The average molecular weight is 348 g/mol. The summed E-state index contributed by atoms with van der Waals surface area (Å²) in [6.07, 6.45) is 0.526. The lowest BCUT2D eigenvalue weighted by molar-refractivity contribution is -0.128. The van der Waals surface area contributed by atoms with Crippen LogP contribution in [0.1, 0.15) is 54.9 Å². The lowest BCUT2D eigenvalue weighted by atomic mass is 9.69. The molecule has 1 amide bonds. The molecule has 0 bridgehead atoms. The first-order valence-corrected chi connectivity index (χ1v) is 8.73. The number of primary amides is 1. The fraction of sp³-hybridized carbons (Fsp3) is 0.812. The minimum absolute atomic E-state index is 0.114. The van der Waals surface area contributed by atoms with E-state index in [2.05, 4.69) is 0 Å². The van der Waals surface area contributed by atoms with Crippen LogP contribution in [0.3, 0.4) is 0 Å². The maximum Gasteiger partial charge on any atom is 0.221 e. The highest BCUT2D eigenvalue weighted by molar-refractivity contribution is 8.23. The van der Waals surface area contributed by atoms with Crippen LogP contribution in [0.2, 0.25) is 0 Å². The second-order valence-corrected chi connectivity index (χ2v) is 9.12. The van der Waals surface area contributed by atoms with Crippen molar-refractivity contribution in [2.24, 2.45) is 23.0 Å². The third kappa shape index (κ3) is 6.24. The Kier molecular flexibility index (Phi) is 8.06. The van der Waals surface area contributed by atoms with Crippen molar-refractivity contribution >= 4 is 40.1 Å². The van der Waals surface area contributed by atoms with E-state index in [1.165, 1.54) is 11.8 Å². The molecule has 0 rings (SSSR count). The number of thioether (sulfide) groups is 1. The maximum atomic E-state index is 12.0. The van der Waals surface area contributed by atoms with Crippen molar-refractivity contribution in [1.29, 1.82) is 0 Å². The molecule has 4 nitrogen and oxygen atoms in total. The molecule has 0 saturated carbocycles. The summed E-state index contributed by atoms with van der Waals surface area (Å²) in [4.78, 5) is 23.7. The van der Waals surface area contributed by atoms with E-state index in [0.717, 1.165) is 0 Å². The minimum Gasteiger partial charge on any atom is -0.479 e. The van der Waals surface area contributed by atoms with Crippen LogP contribution >= 0.6 is 24.0 Å². The molecule has 0 aromatic carbocycles. The van der Waals surface area contributed by atoms with Gasteiger partial charge < -0.3 is 10.5 Å². The number of carbonyl (C=O) groups is 2. The topological polar surface area (TPSA) is 69.4 Å². The van der Waals surface area contributed by atoms with Gasteiger partial charge in [0, 0.05) is 10.7 Å². The van der Waals surface area contributed by atoms with E-state index < -0.39 is 10.7 Å². The van der Waals surface area contributed by atoms with Gasteiger partial charge >= 0.3 is 0 Å². The summed E-state index contributed by atoms with van der Waals surface area (Å²) >= 11 is 6.52. The highest BCUT2D eigenvalue weighted by atomic mass is 32.2. The number of ketones is 1. The van der Waals surface area contributed by atoms with Crippen molar-refractivity contribution < 1.29 is 14.3 Å². The zero-order valence-corrected chi connectivity index (χ0v) is 16.3. The molecule has 6 heteroatoms. The van der Waals surface area contributed by atoms with Crippen LogP contribution < -0.4 is 5.73 Å². The largest absolute Gasteiger partial charge is 0.479 e. The molecular formula is C16H29NO3S2. The number of Topliss-reactive ketones (excluding diaryl/α,β-unsaturated/α-hetero) is 1. The van der Waals surface area contributed by atoms with Crippen LogP contribution in [-0.2, 0) is 14.3 Å². The summed E-state index contributed by atoms with van der Waals surface area (Å²) in [6.45, 7) is 13.7. The van der Waals surface area contributed by atoms with Crippen LogP contribution in [-0.4, -0.2) is 27.4 Å². The number of nitrogens with two attached hydrogens (primary N) is 1. The van der Waals surface area contributed by atoms with Crippen molar-refractivity contribution in [3.8, 4) is 0 Å². The van der Waals surface area contributed by atoms with Crippen LogP contribution in [0.25, 0.3) is 0 Å². The molecular weight excluding hydrogens is 318 g/mol. The predicted octanol–water partition coefficient (Wildman–Crippen LogP) is 3.56. The molecule has 0 radical (unpaired) electrons. The highest BCUT2D eigenvalue weighted by Crippen LogP contribution is 2.43. The van der Waals surface area contributed by atoms with Gasteiger partial charge in [-0.05, 0) is 51.7 Å². The molecule has 0 saturated heterocycles. The van der Waals surface area contributed by atoms with Crippen LogP contribution in [0.5, 0.6) is 0 Å². The standard InChI is InChI=1S/C16H29NO3S2/c1-8-20-14(21)22-16(6,7)12(13(17)19)9-15(4,5)10(2)11(3)18/h10,12H,8-9H2,1-7H3,(H2,17,19)/t10-,12+/m0/s1. The fourth-order valence-corrected chi connectivity index (χ4v) is 4.09. The van der Waals surface area contributed by atoms with Crippen molar-refractivity contribution in [2.45, 2.75) is 59.6 Å². The molecule has 0 heterocycles. The van der Waals surface area contributed by atoms with E-state index in [-0.39, 0.29) is 23.0 Å². The molecule has 0 aromatic heterocycles. The maximum absolute atomic E-state index is 12.0. The molecule has 2 N–H and O–H groups in total. The Labute approximate surface area is 143 Å². The molecule has 128 valence electrons. The summed E-state index contributed by atoms with van der Waals surface area (Å²) in [5, 5.41) is 0. The molecule has 0 aliphatic rings. The van der Waals surface area contributed by atoms with Crippen LogP contribution in [0.4, 0.5) is 0 Å². The van der Waals surface area contributed by atoms with Gasteiger partial charge in [-0.1, -0.05) is 32.5 Å². The van der Waals surface area contributed by atoms with Crippen molar-refractivity contribution in [1.82, 2.24) is 0 Å². The van der Waals surface area contributed by atoms with Gasteiger partial charge in [-0.15, -0.1) is 0 Å². The third-order valence-corrected chi connectivity index (χ3v) is 5.77. The van der Waals surface area contributed by atoms with Gasteiger partial charge in [0.25, 0.3) is 0 Å². The Morgan fingerprint density at radius 3 is 2.14 bits per heavy atom. The summed E-state index contributed by atoms with van der Waals surface area (Å²) in [7, 11) is 0. The molecule has 0 spiro atoms. The van der Waals surface area contributed by atoms with Crippen LogP contribution in [0.15, 0.2) is 0 Å². The van der Waals surface area contributed by atoms with Gasteiger partial charge in [-0.25, -0.2) is 0 Å². The molecule has 0 unspecified atom stereocenters. The third-order valence-electron chi connectivity index (χ3n) is 4.30. The molecule has 0 aliphatic carbocycles. The zero-order valence-electron chi connectivity index (χ0n) is 14.7. The van der Waals surface area contributed by atoms with E-state index in [4.69, 9.17) is 22.7 Å². The van der Waals surface area contributed by atoms with E-state index in [1.807, 2.05) is 41.5 Å². The number of thiocarbonyl (C=S) groups is 1. The Morgan fingerprint density at radius 2 is 1.77 bits per heavy atom. The summed E-state index contributed by atoms with van der Waals surface area (Å²) in [5.74, 6) is -0.814. The molecule has 0 fully saturated rings. The molecule has 22 heavy (non-hydrogen) atoms. The van der Waals surface area contributed by atoms with Gasteiger partial charge in [0.2, 0.25) is 10.3 Å². The molecule has 0 aromatic rings. The first-order valence-electron chi connectivity index (χ1n) is 7.50. The summed E-state index contributed by atoms with van der Waals surface area (Å²) in [6, 6.07) is 0. The lowest BCUT2D eigenvalue weighted by Crippen LogP contribution is -2.43. The predicted molar refractivity (Wildman–Crippen MR) is 96.8 cm³/mol. The second-order valence-electron chi connectivity index (χ2n) is 6.87. The van der Waals surface area contributed by atoms with E-state index in [9.17, 15) is 9.59 Å². The Balaban J connectivity index is 5.26. The van der Waals surface area contributed by atoms with Crippen LogP contribution in [0, 0.1) is 17.3 Å².